The van der Waals surface area contributed by atoms with Crippen LogP contribution in [-0.4, -0.2) is 41.0 Å². The summed E-state index contributed by atoms with van der Waals surface area (Å²) in [5.41, 5.74) is 0. The van der Waals surface area contributed by atoms with Gasteiger partial charge in [0, 0.05) is 18.9 Å². The third-order valence-electron chi connectivity index (χ3n) is 3.18. The zero-order valence-electron chi connectivity index (χ0n) is 14.0. The van der Waals surface area contributed by atoms with E-state index < -0.39 is 0 Å². The van der Waals surface area contributed by atoms with E-state index in [9.17, 15) is 4.79 Å². The molecule has 0 saturated heterocycles. The Morgan fingerprint density at radius 1 is 1.21 bits per heavy atom. The zero-order chi connectivity index (χ0) is 17.2. The van der Waals surface area contributed by atoms with Crippen LogP contribution in [0.2, 0.25) is 0 Å². The fraction of sp³-hybridized carbons (Fsp3) is 0.412. The first-order valence-corrected chi connectivity index (χ1v) is 8.97. The summed E-state index contributed by atoms with van der Waals surface area (Å²) in [4.78, 5) is 16.1. The predicted molar refractivity (Wildman–Crippen MR) is 94.7 cm³/mol. The first-order valence-electron chi connectivity index (χ1n) is 7.99. The number of thioether (sulfide) groups is 1. The summed E-state index contributed by atoms with van der Waals surface area (Å²) >= 11 is 1.43. The van der Waals surface area contributed by atoms with Crippen LogP contribution >= 0.6 is 11.8 Å². The smallest absolute Gasteiger partial charge is 0.230 e. The minimum absolute atomic E-state index is 0.0269. The Hall–Kier alpha value is -2.15. The first kappa shape index (κ1) is 18.2. The van der Waals surface area contributed by atoms with Crippen molar-refractivity contribution in [3.63, 3.8) is 0 Å². The quantitative estimate of drug-likeness (QED) is 0.528. The highest BCUT2D eigenvalue weighted by Gasteiger charge is 2.06. The average Bonchev–Trinajstić information content (AvgIpc) is 3.06. The molecule has 0 saturated carbocycles. The summed E-state index contributed by atoms with van der Waals surface area (Å²) in [7, 11) is 0. The number of aromatic nitrogens is 2. The Bertz CT molecular complexity index is 628. The summed E-state index contributed by atoms with van der Waals surface area (Å²) < 4.78 is 13.0. The van der Waals surface area contributed by atoms with Crippen LogP contribution in [0, 0.1) is 0 Å². The Labute approximate surface area is 146 Å². The van der Waals surface area contributed by atoms with E-state index in [1.165, 1.54) is 11.8 Å². The van der Waals surface area contributed by atoms with Gasteiger partial charge in [0.2, 0.25) is 5.91 Å². The molecule has 1 aromatic carbocycles. The minimum atomic E-state index is -0.0269. The Morgan fingerprint density at radius 3 is 2.58 bits per heavy atom. The van der Waals surface area contributed by atoms with Gasteiger partial charge in [-0.3, -0.25) is 4.79 Å². The molecule has 0 spiro atoms. The van der Waals surface area contributed by atoms with Crippen LogP contribution in [0.15, 0.2) is 41.8 Å². The number of hydrogen-bond donors (Lipinski definition) is 1. The molecule has 0 aliphatic rings. The van der Waals surface area contributed by atoms with Crippen molar-refractivity contribution < 1.29 is 14.3 Å². The molecule has 1 N–H and O–H groups in total. The molecule has 130 valence electrons. The van der Waals surface area contributed by atoms with Gasteiger partial charge in [-0.25, -0.2) is 4.98 Å². The molecule has 0 aliphatic carbocycles. The molecule has 1 amide bonds. The number of nitrogens with one attached hydrogen (secondary N) is 1. The maximum atomic E-state index is 11.8. The van der Waals surface area contributed by atoms with Crippen molar-refractivity contribution in [1.29, 1.82) is 0 Å². The van der Waals surface area contributed by atoms with Gasteiger partial charge >= 0.3 is 0 Å². The van der Waals surface area contributed by atoms with Crippen molar-refractivity contribution in [3.8, 4) is 11.5 Å². The number of nitrogens with zero attached hydrogens (tertiary/aromatic N) is 2. The van der Waals surface area contributed by atoms with E-state index in [2.05, 4.69) is 10.3 Å². The number of amides is 1. The third-order valence-corrected chi connectivity index (χ3v) is 4.18. The van der Waals surface area contributed by atoms with Crippen LogP contribution in [0.3, 0.4) is 0 Å². The van der Waals surface area contributed by atoms with Crippen LogP contribution in [0.1, 0.15) is 13.8 Å². The van der Waals surface area contributed by atoms with Gasteiger partial charge in [0.15, 0.2) is 5.16 Å². The second kappa shape index (κ2) is 9.87. The molecule has 0 aliphatic heterocycles. The first-order chi connectivity index (χ1) is 11.7. The molecule has 0 fully saturated rings. The molecule has 24 heavy (non-hydrogen) atoms. The molecular formula is C17H23N3O3S. The highest BCUT2D eigenvalue weighted by Crippen LogP contribution is 2.17. The lowest BCUT2D eigenvalue weighted by atomic mass is 10.3. The fourth-order valence-electron chi connectivity index (χ4n) is 2.02. The van der Waals surface area contributed by atoms with Gasteiger partial charge in [0.05, 0.1) is 18.9 Å². The van der Waals surface area contributed by atoms with E-state index in [0.29, 0.717) is 25.5 Å². The molecule has 0 bridgehead atoms. The van der Waals surface area contributed by atoms with E-state index in [0.717, 1.165) is 23.2 Å². The summed E-state index contributed by atoms with van der Waals surface area (Å²) in [6, 6.07) is 7.44. The number of carbonyl (C=O) groups excluding carboxylic acids is 1. The number of imidazole rings is 1. The van der Waals surface area contributed by atoms with Crippen molar-refractivity contribution in [2.45, 2.75) is 25.5 Å². The van der Waals surface area contributed by atoms with E-state index in [1.807, 2.05) is 48.9 Å². The standard InChI is InChI=1S/C17H23N3O3S/c1-3-20-11-9-19-17(20)24-13-16(21)18-10-12-23-15-7-5-14(6-8-15)22-4-2/h5-9,11H,3-4,10,12-13H2,1-2H3,(H,18,21). The van der Waals surface area contributed by atoms with Gasteiger partial charge in [-0.15, -0.1) is 0 Å². The predicted octanol–water partition coefficient (Wildman–Crippen LogP) is 2.59. The maximum Gasteiger partial charge on any atom is 0.230 e. The van der Waals surface area contributed by atoms with Crippen LogP contribution < -0.4 is 14.8 Å². The van der Waals surface area contributed by atoms with Crippen LogP contribution in [-0.2, 0) is 11.3 Å². The van der Waals surface area contributed by atoms with Crippen LogP contribution in [0.4, 0.5) is 0 Å². The lowest BCUT2D eigenvalue weighted by Gasteiger charge is -2.09. The highest BCUT2D eigenvalue weighted by atomic mass is 32.2. The number of aryl methyl sites for hydroxylation is 1. The maximum absolute atomic E-state index is 11.8. The molecule has 0 unspecified atom stereocenters. The Kier molecular flexibility index (Phi) is 7.48. The second-order valence-electron chi connectivity index (χ2n) is 4.89. The summed E-state index contributed by atoms with van der Waals surface area (Å²) in [5, 5.41) is 3.70. The fourth-order valence-corrected chi connectivity index (χ4v) is 2.87. The van der Waals surface area contributed by atoms with E-state index in [1.54, 1.807) is 6.20 Å². The molecule has 2 aromatic rings. The van der Waals surface area contributed by atoms with Crippen molar-refractivity contribution in [2.24, 2.45) is 0 Å². The van der Waals surface area contributed by atoms with Gasteiger partial charge in [-0.1, -0.05) is 11.8 Å². The molecule has 0 atom stereocenters. The second-order valence-corrected chi connectivity index (χ2v) is 5.83. The van der Waals surface area contributed by atoms with Gasteiger partial charge in [0.1, 0.15) is 18.1 Å². The monoisotopic (exact) mass is 349 g/mol. The molecule has 6 nitrogen and oxygen atoms in total. The van der Waals surface area contributed by atoms with Gasteiger partial charge in [0.25, 0.3) is 0 Å². The molecule has 1 heterocycles. The lowest BCUT2D eigenvalue weighted by molar-refractivity contribution is -0.118. The average molecular weight is 349 g/mol. The topological polar surface area (TPSA) is 65.4 Å². The number of rotatable bonds is 10. The number of carbonyl (C=O) groups is 1. The summed E-state index contributed by atoms with van der Waals surface area (Å²) in [6.07, 6.45) is 3.65. The third kappa shape index (κ3) is 5.81. The van der Waals surface area contributed by atoms with Crippen molar-refractivity contribution in [2.75, 3.05) is 25.5 Å². The van der Waals surface area contributed by atoms with E-state index in [4.69, 9.17) is 9.47 Å². The molecule has 0 radical (unpaired) electrons. The normalized spacial score (nSPS) is 10.4. The summed E-state index contributed by atoms with van der Waals surface area (Å²) in [5.74, 6) is 1.90. The van der Waals surface area contributed by atoms with Gasteiger partial charge in [-0.05, 0) is 38.1 Å². The molecule has 2 rings (SSSR count). The number of hydrogen-bond acceptors (Lipinski definition) is 5. The number of benzene rings is 1. The Balaban J connectivity index is 1.62. The SMILES string of the molecule is CCOc1ccc(OCCNC(=O)CSc2nccn2CC)cc1. The summed E-state index contributed by atoms with van der Waals surface area (Å²) in [6.45, 7) is 6.37. The van der Waals surface area contributed by atoms with Crippen LogP contribution in [0.25, 0.3) is 0 Å². The van der Waals surface area contributed by atoms with Gasteiger partial charge < -0.3 is 19.4 Å². The lowest BCUT2D eigenvalue weighted by Crippen LogP contribution is -2.29. The minimum Gasteiger partial charge on any atom is -0.494 e. The highest BCUT2D eigenvalue weighted by molar-refractivity contribution is 7.99. The van der Waals surface area contributed by atoms with Gasteiger partial charge in [-0.2, -0.15) is 0 Å². The zero-order valence-corrected chi connectivity index (χ0v) is 14.8. The van der Waals surface area contributed by atoms with E-state index >= 15 is 0 Å². The molecule has 1 aromatic heterocycles. The Morgan fingerprint density at radius 2 is 1.92 bits per heavy atom. The number of ether oxygens (including phenoxy) is 2. The van der Waals surface area contributed by atoms with E-state index in [-0.39, 0.29) is 5.91 Å². The van der Waals surface area contributed by atoms with Crippen molar-refractivity contribution >= 4 is 17.7 Å². The molecular weight excluding hydrogens is 326 g/mol. The molecule has 7 heteroatoms. The van der Waals surface area contributed by atoms with Crippen molar-refractivity contribution in [1.82, 2.24) is 14.9 Å². The van der Waals surface area contributed by atoms with Crippen molar-refractivity contribution in [3.05, 3.63) is 36.7 Å². The largest absolute Gasteiger partial charge is 0.494 e. The van der Waals surface area contributed by atoms with Crippen LogP contribution in [0.5, 0.6) is 11.5 Å².